The van der Waals surface area contributed by atoms with Crippen LogP contribution in [0, 0.1) is 20.2 Å². The molecule has 2 rings (SSSR count). The SMILES string of the molecule is CCOC(=O)c1c([N+](=O)[O-])c(-c2ccc([N+](=O)[O-])cc2)[nH]c(=O)c1C(=O)OCC. The van der Waals surface area contributed by atoms with Gasteiger partial charge >= 0.3 is 17.6 Å². The molecule has 0 aliphatic heterocycles. The van der Waals surface area contributed by atoms with Gasteiger partial charge in [0, 0.05) is 17.7 Å². The van der Waals surface area contributed by atoms with Crippen molar-refractivity contribution in [1.29, 1.82) is 0 Å². The first kappa shape index (κ1) is 21.2. The first-order valence-corrected chi connectivity index (χ1v) is 8.26. The minimum absolute atomic E-state index is 0.0142. The zero-order chi connectivity index (χ0) is 21.7. The van der Waals surface area contributed by atoms with Crippen molar-refractivity contribution in [1.82, 2.24) is 4.98 Å². The van der Waals surface area contributed by atoms with Crippen molar-refractivity contribution in [2.24, 2.45) is 0 Å². The highest BCUT2D eigenvalue weighted by Gasteiger charge is 2.36. The molecular weight excluding hydrogens is 390 g/mol. The number of carbonyl (C=O) groups is 2. The first-order chi connectivity index (χ1) is 13.7. The number of pyridine rings is 1. The number of aromatic amines is 1. The predicted molar refractivity (Wildman–Crippen MR) is 97.7 cm³/mol. The number of nitrogens with zero attached hydrogens (tertiary/aromatic N) is 2. The molecule has 0 fully saturated rings. The van der Waals surface area contributed by atoms with Gasteiger partial charge in [0.15, 0.2) is 5.56 Å². The fourth-order valence-corrected chi connectivity index (χ4v) is 2.53. The molecule has 0 radical (unpaired) electrons. The van der Waals surface area contributed by atoms with Crippen molar-refractivity contribution in [2.45, 2.75) is 13.8 Å². The second kappa shape index (κ2) is 8.73. The van der Waals surface area contributed by atoms with E-state index in [0.717, 1.165) is 24.3 Å². The van der Waals surface area contributed by atoms with Crippen LogP contribution in [0.3, 0.4) is 0 Å². The highest BCUT2D eigenvalue weighted by molar-refractivity contribution is 6.07. The lowest BCUT2D eigenvalue weighted by Gasteiger charge is -2.11. The van der Waals surface area contributed by atoms with Gasteiger partial charge in [0.25, 0.3) is 11.2 Å². The number of nitro benzene ring substituents is 1. The minimum Gasteiger partial charge on any atom is -0.462 e. The molecule has 2 aromatic rings. The molecule has 12 nitrogen and oxygen atoms in total. The number of nitro groups is 2. The van der Waals surface area contributed by atoms with Crippen LogP contribution in [-0.2, 0) is 9.47 Å². The molecule has 0 aliphatic carbocycles. The van der Waals surface area contributed by atoms with E-state index in [1.807, 2.05) is 0 Å². The van der Waals surface area contributed by atoms with Gasteiger partial charge in [-0.2, -0.15) is 0 Å². The van der Waals surface area contributed by atoms with Gasteiger partial charge < -0.3 is 14.5 Å². The molecule has 12 heteroatoms. The summed E-state index contributed by atoms with van der Waals surface area (Å²) in [5.74, 6) is -2.48. The molecule has 0 atom stereocenters. The fourth-order valence-electron chi connectivity index (χ4n) is 2.53. The maximum Gasteiger partial charge on any atom is 0.346 e. The molecule has 29 heavy (non-hydrogen) atoms. The van der Waals surface area contributed by atoms with Crippen molar-refractivity contribution < 1.29 is 28.9 Å². The van der Waals surface area contributed by atoms with E-state index in [0.29, 0.717) is 0 Å². The number of hydrogen-bond acceptors (Lipinski definition) is 9. The summed E-state index contributed by atoms with van der Waals surface area (Å²) in [5.41, 5.74) is -4.39. The van der Waals surface area contributed by atoms with E-state index in [1.165, 1.54) is 13.8 Å². The zero-order valence-electron chi connectivity index (χ0n) is 15.3. The Morgan fingerprint density at radius 1 is 0.931 bits per heavy atom. The van der Waals surface area contributed by atoms with Gasteiger partial charge in [-0.3, -0.25) is 25.0 Å². The Labute approximate surface area is 162 Å². The topological polar surface area (TPSA) is 172 Å². The molecule has 1 N–H and O–H groups in total. The summed E-state index contributed by atoms with van der Waals surface area (Å²) in [6.45, 7) is 2.59. The summed E-state index contributed by atoms with van der Waals surface area (Å²) in [7, 11) is 0. The van der Waals surface area contributed by atoms with Crippen molar-refractivity contribution in [3.8, 4) is 11.3 Å². The smallest absolute Gasteiger partial charge is 0.346 e. The first-order valence-electron chi connectivity index (χ1n) is 8.26. The Balaban J connectivity index is 2.87. The van der Waals surface area contributed by atoms with Crippen molar-refractivity contribution in [3.63, 3.8) is 0 Å². The predicted octanol–water partition coefficient (Wildman–Crippen LogP) is 2.21. The summed E-state index contributed by atoms with van der Waals surface area (Å²) >= 11 is 0. The molecule has 0 saturated carbocycles. The Bertz CT molecular complexity index is 1040. The lowest BCUT2D eigenvalue weighted by atomic mass is 10.0. The van der Waals surface area contributed by atoms with Crippen LogP contribution >= 0.6 is 0 Å². The standard InChI is InChI=1S/C17H15N3O9/c1-3-28-16(22)11-12(17(23)29-4-2)15(21)18-13(14(11)20(26)27)9-5-7-10(8-6-9)19(24)25/h5-8H,3-4H2,1-2H3,(H,18,21). The summed E-state index contributed by atoms with van der Waals surface area (Å²) in [4.78, 5) is 60.2. The van der Waals surface area contributed by atoms with Crippen LogP contribution in [0.25, 0.3) is 11.3 Å². The third-order valence-electron chi connectivity index (χ3n) is 3.70. The minimum atomic E-state index is -1.25. The fraction of sp³-hybridized carbons (Fsp3) is 0.235. The van der Waals surface area contributed by atoms with E-state index in [9.17, 15) is 34.6 Å². The van der Waals surface area contributed by atoms with Crippen LogP contribution < -0.4 is 5.56 Å². The maximum absolute atomic E-state index is 12.5. The van der Waals surface area contributed by atoms with E-state index < -0.39 is 49.9 Å². The van der Waals surface area contributed by atoms with Gasteiger partial charge in [0.05, 0.1) is 23.1 Å². The third kappa shape index (κ3) is 4.26. The monoisotopic (exact) mass is 405 g/mol. The number of esters is 2. The quantitative estimate of drug-likeness (QED) is 0.411. The molecule has 1 heterocycles. The second-order valence-corrected chi connectivity index (χ2v) is 5.43. The lowest BCUT2D eigenvalue weighted by Crippen LogP contribution is -2.27. The third-order valence-corrected chi connectivity index (χ3v) is 3.70. The van der Waals surface area contributed by atoms with E-state index in [1.54, 1.807) is 0 Å². The number of H-pyrrole nitrogens is 1. The van der Waals surface area contributed by atoms with E-state index in [4.69, 9.17) is 9.47 Å². The Kier molecular flexibility index (Phi) is 6.39. The molecule has 0 unspecified atom stereocenters. The maximum atomic E-state index is 12.5. The van der Waals surface area contributed by atoms with Crippen LogP contribution in [-0.4, -0.2) is 40.0 Å². The number of hydrogen-bond donors (Lipinski definition) is 1. The van der Waals surface area contributed by atoms with Crippen LogP contribution in [0.15, 0.2) is 29.1 Å². The van der Waals surface area contributed by atoms with Gasteiger partial charge in [-0.15, -0.1) is 0 Å². The Morgan fingerprint density at radius 2 is 1.45 bits per heavy atom. The Hall–Kier alpha value is -4.09. The molecule has 0 aliphatic rings. The van der Waals surface area contributed by atoms with Crippen LogP contribution in [0.5, 0.6) is 0 Å². The molecule has 0 spiro atoms. The molecule has 152 valence electrons. The highest BCUT2D eigenvalue weighted by Crippen LogP contribution is 2.33. The Morgan fingerprint density at radius 3 is 1.90 bits per heavy atom. The molecular formula is C17H15N3O9. The number of nitrogens with one attached hydrogen (secondary N) is 1. The lowest BCUT2D eigenvalue weighted by molar-refractivity contribution is -0.385. The highest BCUT2D eigenvalue weighted by atomic mass is 16.6. The molecule has 0 saturated heterocycles. The van der Waals surface area contributed by atoms with Gasteiger partial charge in [0.2, 0.25) is 0 Å². The largest absolute Gasteiger partial charge is 0.462 e. The number of aromatic nitrogens is 1. The van der Waals surface area contributed by atoms with Gasteiger partial charge in [-0.25, -0.2) is 9.59 Å². The number of carbonyl (C=O) groups excluding carboxylic acids is 2. The van der Waals surface area contributed by atoms with E-state index >= 15 is 0 Å². The van der Waals surface area contributed by atoms with Crippen molar-refractivity contribution in [3.05, 3.63) is 66.0 Å². The number of benzene rings is 1. The molecule has 1 aromatic carbocycles. The van der Waals surface area contributed by atoms with E-state index in [-0.39, 0.29) is 24.5 Å². The zero-order valence-corrected chi connectivity index (χ0v) is 15.3. The molecule has 0 bridgehead atoms. The number of rotatable bonds is 7. The van der Waals surface area contributed by atoms with Crippen molar-refractivity contribution >= 4 is 23.3 Å². The summed E-state index contributed by atoms with van der Waals surface area (Å²) in [6, 6.07) is 4.46. The van der Waals surface area contributed by atoms with Gasteiger partial charge in [0.1, 0.15) is 11.3 Å². The number of ether oxygens (including phenoxy) is 2. The second-order valence-electron chi connectivity index (χ2n) is 5.43. The summed E-state index contributed by atoms with van der Waals surface area (Å²) < 4.78 is 9.53. The molecule has 0 amide bonds. The van der Waals surface area contributed by atoms with Crippen LogP contribution in [0.4, 0.5) is 11.4 Å². The van der Waals surface area contributed by atoms with Crippen LogP contribution in [0.2, 0.25) is 0 Å². The number of non-ortho nitro benzene ring substituents is 1. The summed E-state index contributed by atoms with van der Waals surface area (Å²) in [5, 5.41) is 22.6. The van der Waals surface area contributed by atoms with Gasteiger partial charge in [-0.05, 0) is 26.0 Å². The average Bonchev–Trinajstić information content (AvgIpc) is 2.67. The summed E-state index contributed by atoms with van der Waals surface area (Å²) in [6.07, 6.45) is 0. The van der Waals surface area contributed by atoms with Gasteiger partial charge in [-0.1, -0.05) is 0 Å². The molecule has 1 aromatic heterocycles. The van der Waals surface area contributed by atoms with Crippen molar-refractivity contribution in [2.75, 3.05) is 13.2 Å². The van der Waals surface area contributed by atoms with Crippen LogP contribution in [0.1, 0.15) is 34.6 Å². The average molecular weight is 405 g/mol. The van der Waals surface area contributed by atoms with E-state index in [2.05, 4.69) is 4.98 Å². The normalized spacial score (nSPS) is 10.3.